The second kappa shape index (κ2) is 5.31. The molecule has 1 heterocycles. The van der Waals surface area contributed by atoms with Crippen molar-refractivity contribution >= 4 is 34.8 Å². The van der Waals surface area contributed by atoms with Gasteiger partial charge in [-0.2, -0.15) is 0 Å². The van der Waals surface area contributed by atoms with Gasteiger partial charge in [-0.25, -0.2) is 0 Å². The minimum atomic E-state index is -0.881. The summed E-state index contributed by atoms with van der Waals surface area (Å²) in [7, 11) is 0. The monoisotopic (exact) mass is 340 g/mol. The largest absolute Gasteiger partial charge is 0.368 e. The van der Waals surface area contributed by atoms with Crippen LogP contribution in [-0.2, 0) is 4.79 Å². The van der Waals surface area contributed by atoms with Crippen LogP contribution in [0.4, 0.5) is 5.69 Å². The number of aryl methyl sites for hydroxylation is 1. The molecule has 1 aliphatic carbocycles. The van der Waals surface area contributed by atoms with E-state index in [1.165, 1.54) is 16.8 Å². The van der Waals surface area contributed by atoms with Gasteiger partial charge in [-0.3, -0.25) is 4.79 Å². The van der Waals surface area contributed by atoms with Gasteiger partial charge in [0.25, 0.3) is 0 Å². The van der Waals surface area contributed by atoms with E-state index in [4.69, 9.17) is 23.2 Å². The number of carbonyl (C=O) groups excluding carboxylic acids is 1. The molecule has 3 rings (SSSR count). The van der Waals surface area contributed by atoms with E-state index < -0.39 is 9.75 Å². The van der Waals surface area contributed by atoms with E-state index in [-0.39, 0.29) is 5.91 Å². The number of amides is 1. The Morgan fingerprint density at radius 2 is 1.73 bits per heavy atom. The molecular formula is C17H22Cl2N2O. The molecule has 0 radical (unpaired) electrons. The van der Waals surface area contributed by atoms with Crippen LogP contribution in [0, 0.1) is 19.3 Å². The summed E-state index contributed by atoms with van der Waals surface area (Å²) >= 11 is 12.3. The molecule has 0 spiro atoms. The van der Waals surface area contributed by atoms with Gasteiger partial charge in [-0.15, -0.1) is 23.2 Å². The quantitative estimate of drug-likeness (QED) is 0.769. The van der Waals surface area contributed by atoms with Crippen LogP contribution in [0.1, 0.15) is 24.5 Å². The number of hydrogen-bond acceptors (Lipinski definition) is 2. The molecular weight excluding hydrogens is 319 g/mol. The standard InChI is InChI=1S/C17H22Cl2N2O/c1-12-5-4-6-14(13(12)2)20-7-9-21(10-8-20)15(22)16(3)11-17(16,18)19/h4-6H,7-11H2,1-3H3/t16-/m0/s1. The Bertz CT molecular complexity index is 609. The third kappa shape index (κ3) is 2.48. The van der Waals surface area contributed by atoms with E-state index in [0.29, 0.717) is 6.42 Å². The lowest BCUT2D eigenvalue weighted by Gasteiger charge is -2.38. The predicted octanol–water partition coefficient (Wildman–Crippen LogP) is 3.54. The van der Waals surface area contributed by atoms with Crippen LogP contribution in [0.25, 0.3) is 0 Å². The fraction of sp³-hybridized carbons (Fsp3) is 0.588. The van der Waals surface area contributed by atoms with Crippen LogP contribution in [-0.4, -0.2) is 41.3 Å². The van der Waals surface area contributed by atoms with Crippen molar-refractivity contribution in [3.8, 4) is 0 Å². The number of halogens is 2. The maximum Gasteiger partial charge on any atom is 0.231 e. The van der Waals surface area contributed by atoms with Gasteiger partial charge in [-0.1, -0.05) is 12.1 Å². The fourth-order valence-corrected chi connectivity index (χ4v) is 3.91. The molecule has 2 aliphatic rings. The van der Waals surface area contributed by atoms with Crippen molar-refractivity contribution in [2.45, 2.75) is 31.5 Å². The van der Waals surface area contributed by atoms with Crippen molar-refractivity contribution in [3.63, 3.8) is 0 Å². The number of benzene rings is 1. The molecule has 1 saturated heterocycles. The Hall–Kier alpha value is -0.930. The third-order valence-corrected chi connectivity index (χ3v) is 6.31. The van der Waals surface area contributed by atoms with E-state index in [2.05, 4.69) is 36.9 Å². The first kappa shape index (κ1) is 15.9. The van der Waals surface area contributed by atoms with Crippen LogP contribution >= 0.6 is 23.2 Å². The van der Waals surface area contributed by atoms with Gasteiger partial charge in [0.15, 0.2) is 0 Å². The first-order valence-electron chi connectivity index (χ1n) is 7.75. The number of alkyl halides is 2. The van der Waals surface area contributed by atoms with Crippen LogP contribution in [0.3, 0.4) is 0 Å². The second-order valence-electron chi connectivity index (χ2n) is 6.71. The molecule has 0 unspecified atom stereocenters. The minimum absolute atomic E-state index is 0.0955. The van der Waals surface area contributed by atoms with Gasteiger partial charge in [0.2, 0.25) is 5.91 Å². The van der Waals surface area contributed by atoms with Crippen molar-refractivity contribution in [2.24, 2.45) is 5.41 Å². The summed E-state index contributed by atoms with van der Waals surface area (Å²) in [5, 5.41) is 0. The number of piperazine rings is 1. The Labute approximate surface area is 142 Å². The molecule has 2 fully saturated rings. The number of carbonyl (C=O) groups is 1. The molecule has 1 saturated carbocycles. The van der Waals surface area contributed by atoms with Gasteiger partial charge < -0.3 is 9.80 Å². The number of rotatable bonds is 2. The molecule has 3 nitrogen and oxygen atoms in total. The van der Waals surface area contributed by atoms with Crippen molar-refractivity contribution in [2.75, 3.05) is 31.1 Å². The molecule has 0 aromatic heterocycles. The topological polar surface area (TPSA) is 23.6 Å². The van der Waals surface area contributed by atoms with Crippen molar-refractivity contribution in [3.05, 3.63) is 29.3 Å². The van der Waals surface area contributed by atoms with Crippen LogP contribution in [0.5, 0.6) is 0 Å². The predicted molar refractivity (Wildman–Crippen MR) is 91.9 cm³/mol. The van der Waals surface area contributed by atoms with E-state index in [1.807, 2.05) is 11.8 Å². The summed E-state index contributed by atoms with van der Waals surface area (Å²) in [6.45, 7) is 9.31. The summed E-state index contributed by atoms with van der Waals surface area (Å²) in [6, 6.07) is 6.38. The lowest BCUT2D eigenvalue weighted by molar-refractivity contribution is -0.136. The van der Waals surface area contributed by atoms with E-state index >= 15 is 0 Å². The molecule has 1 amide bonds. The summed E-state index contributed by atoms with van der Waals surface area (Å²) in [4.78, 5) is 16.9. The van der Waals surface area contributed by atoms with Gasteiger partial charge >= 0.3 is 0 Å². The highest BCUT2D eigenvalue weighted by atomic mass is 35.5. The van der Waals surface area contributed by atoms with Gasteiger partial charge in [0.05, 0.1) is 5.41 Å². The zero-order chi connectivity index (χ0) is 16.1. The third-order valence-electron chi connectivity index (χ3n) is 5.21. The Morgan fingerprint density at radius 3 is 2.27 bits per heavy atom. The minimum Gasteiger partial charge on any atom is -0.368 e. The fourth-order valence-electron chi connectivity index (χ4n) is 3.21. The zero-order valence-corrected chi connectivity index (χ0v) is 14.8. The molecule has 0 N–H and O–H groups in total. The van der Waals surface area contributed by atoms with Crippen molar-refractivity contribution in [1.29, 1.82) is 0 Å². The summed E-state index contributed by atoms with van der Waals surface area (Å²) in [6.07, 6.45) is 0.555. The first-order valence-corrected chi connectivity index (χ1v) is 8.50. The van der Waals surface area contributed by atoms with E-state index in [0.717, 1.165) is 26.2 Å². The van der Waals surface area contributed by atoms with Gasteiger partial charge in [0.1, 0.15) is 4.33 Å². The maximum atomic E-state index is 12.6. The van der Waals surface area contributed by atoms with Crippen LogP contribution in [0.2, 0.25) is 0 Å². The Morgan fingerprint density at radius 1 is 1.14 bits per heavy atom. The highest BCUT2D eigenvalue weighted by Gasteiger charge is 2.68. The molecule has 1 aliphatic heterocycles. The second-order valence-corrected chi connectivity index (χ2v) is 8.20. The summed E-state index contributed by atoms with van der Waals surface area (Å²) in [5.41, 5.74) is 3.29. The summed E-state index contributed by atoms with van der Waals surface area (Å²) in [5.74, 6) is 0.0955. The van der Waals surface area contributed by atoms with E-state index in [1.54, 1.807) is 0 Å². The molecule has 120 valence electrons. The zero-order valence-electron chi connectivity index (χ0n) is 13.3. The average molecular weight is 341 g/mol. The van der Waals surface area contributed by atoms with Crippen molar-refractivity contribution < 1.29 is 4.79 Å². The molecule has 5 heteroatoms. The van der Waals surface area contributed by atoms with Crippen LogP contribution < -0.4 is 4.90 Å². The van der Waals surface area contributed by atoms with Crippen molar-refractivity contribution in [1.82, 2.24) is 4.90 Å². The molecule has 22 heavy (non-hydrogen) atoms. The lowest BCUT2D eigenvalue weighted by atomic mass is 10.1. The SMILES string of the molecule is Cc1cccc(N2CCN(C(=O)[C@]3(C)CC3(Cl)Cl)CC2)c1C. The highest BCUT2D eigenvalue weighted by Crippen LogP contribution is 2.64. The summed E-state index contributed by atoms with van der Waals surface area (Å²) < 4.78 is -0.881. The first-order chi connectivity index (χ1) is 10.3. The van der Waals surface area contributed by atoms with Gasteiger partial charge in [0, 0.05) is 31.9 Å². The van der Waals surface area contributed by atoms with E-state index in [9.17, 15) is 4.79 Å². The van der Waals surface area contributed by atoms with Gasteiger partial charge in [-0.05, 0) is 44.4 Å². The lowest BCUT2D eigenvalue weighted by Crippen LogP contribution is -2.51. The number of nitrogens with zero attached hydrogens (tertiary/aromatic N) is 2. The molecule has 1 aromatic rings. The Kier molecular flexibility index (Phi) is 3.85. The maximum absolute atomic E-state index is 12.6. The molecule has 0 bridgehead atoms. The number of anilines is 1. The highest BCUT2D eigenvalue weighted by molar-refractivity contribution is 6.53. The normalized spacial score (nSPS) is 27.0. The van der Waals surface area contributed by atoms with Crippen LogP contribution in [0.15, 0.2) is 18.2 Å². The number of hydrogen-bond donors (Lipinski definition) is 0. The average Bonchev–Trinajstić information content (AvgIpc) is 3.01. The smallest absolute Gasteiger partial charge is 0.231 e. The molecule has 1 aromatic carbocycles. The molecule has 1 atom stereocenters. The Balaban J connectivity index is 1.66.